The normalized spacial score (nSPS) is 12.8. The third kappa shape index (κ3) is 4.55. The molecule has 1 heterocycles. The van der Waals surface area contributed by atoms with E-state index in [2.05, 4.69) is 60.6 Å². The van der Waals surface area contributed by atoms with E-state index in [1.165, 1.54) is 0 Å². The molecule has 0 spiro atoms. The summed E-state index contributed by atoms with van der Waals surface area (Å²) in [6.07, 6.45) is 1.95. The summed E-state index contributed by atoms with van der Waals surface area (Å²) in [6.45, 7) is 12.2. The zero-order valence-corrected chi connectivity index (χ0v) is 15.3. The van der Waals surface area contributed by atoms with Gasteiger partial charge in [-0.15, -0.1) is 0 Å². The number of rotatable bonds is 8. The SMILES string of the molecule is CCCNc1nc(C(CC)OCC)nc(C(C)C)c1I. The van der Waals surface area contributed by atoms with Gasteiger partial charge < -0.3 is 10.1 Å². The Morgan fingerprint density at radius 2 is 1.90 bits per heavy atom. The van der Waals surface area contributed by atoms with E-state index in [1.54, 1.807) is 0 Å². The molecule has 0 fully saturated rings. The van der Waals surface area contributed by atoms with E-state index in [1.807, 2.05) is 6.92 Å². The van der Waals surface area contributed by atoms with Gasteiger partial charge in [0.2, 0.25) is 0 Å². The number of aromatic nitrogens is 2. The van der Waals surface area contributed by atoms with Crippen LogP contribution in [-0.4, -0.2) is 23.1 Å². The predicted molar refractivity (Wildman–Crippen MR) is 92.3 cm³/mol. The number of halogens is 1. The fourth-order valence-electron chi connectivity index (χ4n) is 1.95. The minimum absolute atomic E-state index is 0.0170. The third-order valence-corrected chi connectivity index (χ3v) is 4.07. The first-order valence-electron chi connectivity index (χ1n) is 7.47. The van der Waals surface area contributed by atoms with E-state index in [0.29, 0.717) is 12.5 Å². The van der Waals surface area contributed by atoms with E-state index in [-0.39, 0.29) is 6.10 Å². The van der Waals surface area contributed by atoms with Crippen LogP contribution in [0.15, 0.2) is 0 Å². The lowest BCUT2D eigenvalue weighted by atomic mass is 10.1. The molecule has 1 atom stereocenters. The maximum Gasteiger partial charge on any atom is 0.159 e. The van der Waals surface area contributed by atoms with Crippen molar-refractivity contribution in [3.8, 4) is 0 Å². The van der Waals surface area contributed by atoms with Crippen LogP contribution in [0.3, 0.4) is 0 Å². The molecule has 1 aromatic heterocycles. The molecule has 0 aliphatic carbocycles. The first kappa shape index (κ1) is 17.6. The molecule has 114 valence electrons. The Balaban J connectivity index is 3.20. The maximum absolute atomic E-state index is 5.76. The van der Waals surface area contributed by atoms with E-state index < -0.39 is 0 Å². The fraction of sp³-hybridized carbons (Fsp3) is 0.733. The topological polar surface area (TPSA) is 47.0 Å². The number of nitrogens with zero attached hydrogens (tertiary/aromatic N) is 2. The van der Waals surface area contributed by atoms with E-state index in [0.717, 1.165) is 40.3 Å². The summed E-state index contributed by atoms with van der Waals surface area (Å²) in [5, 5.41) is 3.41. The smallest absolute Gasteiger partial charge is 0.159 e. The standard InChI is InChI=1S/C15H26IN3O/c1-6-9-17-15-12(16)13(10(4)5)18-14(19-15)11(7-2)20-8-3/h10-11H,6-9H2,1-5H3,(H,17,18,19). The van der Waals surface area contributed by atoms with Gasteiger partial charge in [-0.25, -0.2) is 9.97 Å². The van der Waals surface area contributed by atoms with Crippen molar-refractivity contribution in [2.75, 3.05) is 18.5 Å². The zero-order valence-electron chi connectivity index (χ0n) is 13.2. The summed E-state index contributed by atoms with van der Waals surface area (Å²) >= 11 is 2.34. The Labute approximate surface area is 136 Å². The van der Waals surface area contributed by atoms with Gasteiger partial charge in [0.1, 0.15) is 11.9 Å². The van der Waals surface area contributed by atoms with E-state index >= 15 is 0 Å². The highest BCUT2D eigenvalue weighted by molar-refractivity contribution is 14.1. The highest BCUT2D eigenvalue weighted by Gasteiger charge is 2.19. The average Bonchev–Trinajstić information content (AvgIpc) is 2.43. The lowest BCUT2D eigenvalue weighted by Gasteiger charge is -2.19. The molecule has 1 aromatic rings. The number of anilines is 1. The van der Waals surface area contributed by atoms with Crippen molar-refractivity contribution in [1.29, 1.82) is 0 Å². The van der Waals surface area contributed by atoms with Crippen molar-refractivity contribution < 1.29 is 4.74 Å². The monoisotopic (exact) mass is 391 g/mol. The molecule has 4 nitrogen and oxygen atoms in total. The van der Waals surface area contributed by atoms with Gasteiger partial charge in [-0.3, -0.25) is 0 Å². The minimum atomic E-state index is -0.0170. The summed E-state index contributed by atoms with van der Waals surface area (Å²) in [5.74, 6) is 2.13. The van der Waals surface area contributed by atoms with Crippen LogP contribution < -0.4 is 5.32 Å². The van der Waals surface area contributed by atoms with Gasteiger partial charge in [-0.05, 0) is 48.3 Å². The van der Waals surface area contributed by atoms with Crippen LogP contribution >= 0.6 is 22.6 Å². The largest absolute Gasteiger partial charge is 0.371 e. The molecular formula is C15H26IN3O. The molecule has 0 aliphatic rings. The van der Waals surface area contributed by atoms with Crippen LogP contribution in [0.1, 0.15) is 71.0 Å². The molecule has 1 N–H and O–H groups in total. The molecular weight excluding hydrogens is 365 g/mol. The first-order valence-corrected chi connectivity index (χ1v) is 8.55. The average molecular weight is 391 g/mol. The van der Waals surface area contributed by atoms with Crippen molar-refractivity contribution in [2.45, 2.75) is 59.5 Å². The number of nitrogens with one attached hydrogen (secondary N) is 1. The molecule has 5 heteroatoms. The Kier molecular flexibility index (Phi) is 7.72. The lowest BCUT2D eigenvalue weighted by molar-refractivity contribution is 0.0533. The Hall–Kier alpha value is -0.430. The molecule has 0 amide bonds. The summed E-state index contributed by atoms with van der Waals surface area (Å²) in [7, 11) is 0. The van der Waals surface area contributed by atoms with Crippen LogP contribution in [0.5, 0.6) is 0 Å². The van der Waals surface area contributed by atoms with Crippen molar-refractivity contribution in [3.63, 3.8) is 0 Å². The Morgan fingerprint density at radius 1 is 1.20 bits per heavy atom. The molecule has 1 unspecified atom stereocenters. The van der Waals surface area contributed by atoms with Crippen LogP contribution in [-0.2, 0) is 4.74 Å². The molecule has 0 saturated carbocycles. The quantitative estimate of drug-likeness (QED) is 0.663. The molecule has 20 heavy (non-hydrogen) atoms. The second kappa shape index (κ2) is 8.77. The number of hydrogen-bond donors (Lipinski definition) is 1. The summed E-state index contributed by atoms with van der Waals surface area (Å²) in [5.41, 5.74) is 1.10. The Morgan fingerprint density at radius 3 is 2.40 bits per heavy atom. The second-order valence-electron chi connectivity index (χ2n) is 5.06. The van der Waals surface area contributed by atoms with Gasteiger partial charge in [0.05, 0.1) is 9.26 Å². The highest BCUT2D eigenvalue weighted by Crippen LogP contribution is 2.28. The van der Waals surface area contributed by atoms with Gasteiger partial charge in [-0.2, -0.15) is 0 Å². The van der Waals surface area contributed by atoms with Crippen molar-refractivity contribution in [1.82, 2.24) is 9.97 Å². The summed E-state index contributed by atoms with van der Waals surface area (Å²) in [6, 6.07) is 0. The lowest BCUT2D eigenvalue weighted by Crippen LogP contribution is -2.15. The zero-order chi connectivity index (χ0) is 15.1. The predicted octanol–water partition coefficient (Wildman–Crippen LogP) is 4.51. The molecule has 0 bridgehead atoms. The highest BCUT2D eigenvalue weighted by atomic mass is 127. The van der Waals surface area contributed by atoms with E-state index in [4.69, 9.17) is 9.72 Å². The molecule has 0 aliphatic heterocycles. The van der Waals surface area contributed by atoms with Crippen molar-refractivity contribution in [2.24, 2.45) is 0 Å². The van der Waals surface area contributed by atoms with Gasteiger partial charge in [-0.1, -0.05) is 27.7 Å². The van der Waals surface area contributed by atoms with Gasteiger partial charge in [0.25, 0.3) is 0 Å². The van der Waals surface area contributed by atoms with Crippen LogP contribution in [0.25, 0.3) is 0 Å². The van der Waals surface area contributed by atoms with Crippen LogP contribution in [0, 0.1) is 3.57 Å². The Bertz CT molecular complexity index is 424. The molecule has 0 saturated heterocycles. The fourth-order valence-corrected chi connectivity index (χ4v) is 3.00. The third-order valence-electron chi connectivity index (χ3n) is 3.01. The molecule has 0 radical (unpaired) electrons. The summed E-state index contributed by atoms with van der Waals surface area (Å²) < 4.78 is 6.88. The number of hydrogen-bond acceptors (Lipinski definition) is 4. The molecule has 0 aromatic carbocycles. The van der Waals surface area contributed by atoms with Crippen molar-refractivity contribution in [3.05, 3.63) is 15.1 Å². The number of ether oxygens (including phenoxy) is 1. The van der Waals surface area contributed by atoms with E-state index in [9.17, 15) is 0 Å². The maximum atomic E-state index is 5.76. The molecule has 1 rings (SSSR count). The van der Waals surface area contributed by atoms with Gasteiger partial charge in [0.15, 0.2) is 5.82 Å². The van der Waals surface area contributed by atoms with Gasteiger partial charge >= 0.3 is 0 Å². The first-order chi connectivity index (χ1) is 9.54. The minimum Gasteiger partial charge on any atom is -0.371 e. The van der Waals surface area contributed by atoms with Crippen LogP contribution in [0.4, 0.5) is 5.82 Å². The second-order valence-corrected chi connectivity index (χ2v) is 6.14. The van der Waals surface area contributed by atoms with Crippen LogP contribution in [0.2, 0.25) is 0 Å². The van der Waals surface area contributed by atoms with Gasteiger partial charge in [0, 0.05) is 13.2 Å². The summed E-state index contributed by atoms with van der Waals surface area (Å²) in [4.78, 5) is 9.43. The van der Waals surface area contributed by atoms with Crippen molar-refractivity contribution >= 4 is 28.4 Å².